The van der Waals surface area contributed by atoms with E-state index in [4.69, 9.17) is 4.42 Å². The zero-order valence-electron chi connectivity index (χ0n) is 16.1. The number of amides is 2. The Labute approximate surface area is 155 Å². The van der Waals surface area contributed by atoms with Crippen LogP contribution in [0.1, 0.15) is 63.7 Å². The number of carbonyl (C=O) groups excluding carboxylic acids is 2. The molecule has 1 spiro atoms. The van der Waals surface area contributed by atoms with Gasteiger partial charge in [-0.15, -0.1) is 0 Å². The smallest absolute Gasteiger partial charge is 0.227 e. The van der Waals surface area contributed by atoms with Crippen molar-refractivity contribution in [2.45, 2.75) is 77.3 Å². The van der Waals surface area contributed by atoms with Crippen LogP contribution in [0.25, 0.3) is 0 Å². The van der Waals surface area contributed by atoms with Gasteiger partial charge in [-0.2, -0.15) is 0 Å². The summed E-state index contributed by atoms with van der Waals surface area (Å²) in [7, 11) is 0. The molecule has 2 heterocycles. The minimum atomic E-state index is -0.00739. The lowest BCUT2D eigenvalue weighted by Crippen LogP contribution is -2.66. The average molecular weight is 358 g/mol. The third-order valence-electron chi connectivity index (χ3n) is 6.83. The molecule has 26 heavy (non-hydrogen) atoms. The Morgan fingerprint density at radius 2 is 2.00 bits per heavy atom. The van der Waals surface area contributed by atoms with Crippen molar-refractivity contribution >= 4 is 11.8 Å². The summed E-state index contributed by atoms with van der Waals surface area (Å²) in [5.74, 6) is 1.31. The summed E-state index contributed by atoms with van der Waals surface area (Å²) >= 11 is 0. The SMILES string of the molecule is Cc1ccoc1CC(=O)NC1CC2(CCCCN2C(=O)[C@H]2CC2(C)C)C1. The molecular weight excluding hydrogens is 328 g/mol. The summed E-state index contributed by atoms with van der Waals surface area (Å²) in [6.45, 7) is 7.21. The van der Waals surface area contributed by atoms with Gasteiger partial charge in [0.05, 0.1) is 12.7 Å². The first-order chi connectivity index (χ1) is 12.3. The van der Waals surface area contributed by atoms with Crippen LogP contribution in [0.3, 0.4) is 0 Å². The second-order valence-corrected chi connectivity index (χ2v) is 9.29. The largest absolute Gasteiger partial charge is 0.469 e. The lowest BCUT2D eigenvalue weighted by Gasteiger charge is -2.57. The number of hydrogen-bond donors (Lipinski definition) is 1. The van der Waals surface area contributed by atoms with E-state index in [1.807, 2.05) is 13.0 Å². The van der Waals surface area contributed by atoms with Crippen LogP contribution in [-0.4, -0.2) is 34.8 Å². The van der Waals surface area contributed by atoms with E-state index in [9.17, 15) is 9.59 Å². The lowest BCUT2D eigenvalue weighted by atomic mass is 9.66. The first-order valence-corrected chi connectivity index (χ1v) is 9.95. The topological polar surface area (TPSA) is 62.6 Å². The second kappa shape index (κ2) is 6.14. The van der Waals surface area contributed by atoms with Gasteiger partial charge >= 0.3 is 0 Å². The van der Waals surface area contributed by atoms with Crippen molar-refractivity contribution < 1.29 is 14.0 Å². The number of carbonyl (C=O) groups is 2. The molecule has 3 aliphatic rings. The number of furan rings is 1. The molecule has 1 N–H and O–H groups in total. The Morgan fingerprint density at radius 3 is 2.62 bits per heavy atom. The zero-order chi connectivity index (χ0) is 18.5. The maximum absolute atomic E-state index is 13.0. The van der Waals surface area contributed by atoms with Gasteiger partial charge in [0.15, 0.2) is 0 Å². The highest BCUT2D eigenvalue weighted by atomic mass is 16.3. The van der Waals surface area contributed by atoms with Crippen molar-refractivity contribution in [1.29, 1.82) is 0 Å². The van der Waals surface area contributed by atoms with Gasteiger partial charge in [0, 0.05) is 24.0 Å². The molecule has 1 atom stereocenters. The molecule has 2 saturated carbocycles. The van der Waals surface area contributed by atoms with Crippen molar-refractivity contribution in [2.75, 3.05) is 6.54 Å². The summed E-state index contributed by atoms with van der Waals surface area (Å²) in [5.41, 5.74) is 1.18. The van der Waals surface area contributed by atoms with E-state index >= 15 is 0 Å². The Balaban J connectivity index is 1.34. The molecule has 5 heteroatoms. The molecular formula is C21H30N2O3. The van der Waals surface area contributed by atoms with Gasteiger partial charge in [-0.1, -0.05) is 13.8 Å². The van der Waals surface area contributed by atoms with Gasteiger partial charge in [0.25, 0.3) is 0 Å². The van der Waals surface area contributed by atoms with Crippen LogP contribution in [-0.2, 0) is 16.0 Å². The summed E-state index contributed by atoms with van der Waals surface area (Å²) in [5, 5.41) is 3.14. The summed E-state index contributed by atoms with van der Waals surface area (Å²) < 4.78 is 5.37. The van der Waals surface area contributed by atoms with Gasteiger partial charge in [-0.05, 0) is 62.5 Å². The summed E-state index contributed by atoms with van der Waals surface area (Å²) in [6.07, 6.45) is 8.10. The minimum Gasteiger partial charge on any atom is -0.469 e. The molecule has 5 nitrogen and oxygen atoms in total. The quantitative estimate of drug-likeness (QED) is 0.899. The van der Waals surface area contributed by atoms with Crippen LogP contribution in [0.5, 0.6) is 0 Å². The van der Waals surface area contributed by atoms with Crippen LogP contribution in [0.2, 0.25) is 0 Å². The molecule has 2 amide bonds. The standard InChI is InChI=1S/C21H30N2O3/c1-14-6-9-26-17(14)10-18(24)22-15-11-21(12-15)7-4-5-8-23(21)19(25)16-13-20(16,2)3/h6,9,15-16H,4-5,7-8,10-13H2,1-3H3,(H,22,24)/t15?,16-,21?/m1/s1. The van der Waals surface area contributed by atoms with E-state index in [1.165, 1.54) is 6.42 Å². The maximum atomic E-state index is 13.0. The van der Waals surface area contributed by atoms with Crippen LogP contribution in [0, 0.1) is 18.3 Å². The van der Waals surface area contributed by atoms with Crippen LogP contribution in [0.4, 0.5) is 0 Å². The van der Waals surface area contributed by atoms with Crippen molar-refractivity contribution in [1.82, 2.24) is 10.2 Å². The molecule has 4 rings (SSSR count). The first kappa shape index (κ1) is 17.6. The van der Waals surface area contributed by atoms with Gasteiger partial charge in [0.1, 0.15) is 5.76 Å². The Kier molecular flexibility index (Phi) is 4.16. The van der Waals surface area contributed by atoms with Crippen molar-refractivity contribution in [3.05, 3.63) is 23.7 Å². The van der Waals surface area contributed by atoms with E-state index < -0.39 is 0 Å². The van der Waals surface area contributed by atoms with E-state index in [0.29, 0.717) is 12.3 Å². The van der Waals surface area contributed by atoms with Crippen molar-refractivity contribution in [3.63, 3.8) is 0 Å². The third kappa shape index (κ3) is 3.06. The normalized spacial score (nSPS) is 32.2. The monoisotopic (exact) mass is 358 g/mol. The van der Waals surface area contributed by atoms with Gasteiger partial charge in [-0.25, -0.2) is 0 Å². The van der Waals surface area contributed by atoms with Crippen LogP contribution >= 0.6 is 0 Å². The average Bonchev–Trinajstić information content (AvgIpc) is 3.02. The number of hydrogen-bond acceptors (Lipinski definition) is 3. The molecule has 0 aromatic carbocycles. The zero-order valence-corrected chi connectivity index (χ0v) is 16.1. The van der Waals surface area contributed by atoms with E-state index in [-0.39, 0.29) is 28.8 Å². The first-order valence-electron chi connectivity index (χ1n) is 9.95. The molecule has 0 bridgehead atoms. The summed E-state index contributed by atoms with van der Waals surface area (Å²) in [4.78, 5) is 27.5. The molecule has 1 aromatic heterocycles. The fourth-order valence-corrected chi connectivity index (χ4v) is 4.91. The van der Waals surface area contributed by atoms with E-state index in [0.717, 1.165) is 50.0 Å². The predicted octanol–water partition coefficient (Wildman–Crippen LogP) is 3.21. The highest BCUT2D eigenvalue weighted by Gasteiger charge is 2.58. The third-order valence-corrected chi connectivity index (χ3v) is 6.83. The number of rotatable bonds is 4. The highest BCUT2D eigenvalue weighted by Crippen LogP contribution is 2.55. The number of likely N-dealkylation sites (tertiary alicyclic amines) is 1. The predicted molar refractivity (Wildman–Crippen MR) is 98.5 cm³/mol. The highest BCUT2D eigenvalue weighted by molar-refractivity contribution is 5.84. The Morgan fingerprint density at radius 1 is 1.27 bits per heavy atom. The molecule has 1 aliphatic heterocycles. The lowest BCUT2D eigenvalue weighted by molar-refractivity contribution is -0.149. The molecule has 0 radical (unpaired) electrons. The fourth-order valence-electron chi connectivity index (χ4n) is 4.91. The molecule has 1 aromatic rings. The molecule has 1 saturated heterocycles. The van der Waals surface area contributed by atoms with Crippen molar-refractivity contribution in [3.8, 4) is 0 Å². The molecule has 142 valence electrons. The van der Waals surface area contributed by atoms with E-state index in [2.05, 4.69) is 24.1 Å². The number of nitrogens with one attached hydrogen (secondary N) is 1. The van der Waals surface area contributed by atoms with Crippen LogP contribution < -0.4 is 5.32 Å². The Bertz CT molecular complexity index is 715. The van der Waals surface area contributed by atoms with Crippen molar-refractivity contribution in [2.24, 2.45) is 11.3 Å². The summed E-state index contributed by atoms with van der Waals surface area (Å²) in [6, 6.07) is 2.06. The minimum absolute atomic E-state index is 0.00739. The number of piperidine rings is 1. The fraction of sp³-hybridized carbons (Fsp3) is 0.714. The number of nitrogens with zero attached hydrogens (tertiary/aromatic N) is 1. The van der Waals surface area contributed by atoms with Crippen LogP contribution in [0.15, 0.2) is 16.7 Å². The molecule has 2 aliphatic carbocycles. The molecule has 0 unspecified atom stereocenters. The van der Waals surface area contributed by atoms with Gasteiger partial charge in [-0.3, -0.25) is 9.59 Å². The molecule has 3 fully saturated rings. The van der Waals surface area contributed by atoms with E-state index in [1.54, 1.807) is 6.26 Å². The Hall–Kier alpha value is -1.78. The maximum Gasteiger partial charge on any atom is 0.227 e. The second-order valence-electron chi connectivity index (χ2n) is 9.29. The number of aryl methyl sites for hydroxylation is 1. The van der Waals surface area contributed by atoms with Gasteiger partial charge in [0.2, 0.25) is 11.8 Å². The van der Waals surface area contributed by atoms with Gasteiger partial charge < -0.3 is 14.6 Å².